The van der Waals surface area contributed by atoms with Crippen LogP contribution in [0.3, 0.4) is 0 Å². The van der Waals surface area contributed by atoms with Crippen molar-refractivity contribution in [1.29, 1.82) is 0 Å². The monoisotopic (exact) mass is 335 g/mol. The standard InChI is InChI=1S/C22H29N3/c1-4-5-8-19(23)22-24-20-9-6-7-10-21(20)25(22)15-17-11-13-18(14-12-17)16(2)3/h6-7,9-14,16,19H,4-5,8,15,23H2,1-3H3. The summed E-state index contributed by atoms with van der Waals surface area (Å²) in [5.41, 5.74) is 11.3. The van der Waals surface area contributed by atoms with Gasteiger partial charge in [0.05, 0.1) is 17.1 Å². The first-order chi connectivity index (χ1) is 12.1. The number of rotatable bonds is 7. The molecule has 0 aliphatic heterocycles. The van der Waals surface area contributed by atoms with Gasteiger partial charge in [-0.25, -0.2) is 4.98 Å². The summed E-state index contributed by atoms with van der Waals surface area (Å²) >= 11 is 0. The van der Waals surface area contributed by atoms with E-state index in [0.29, 0.717) is 5.92 Å². The van der Waals surface area contributed by atoms with Gasteiger partial charge in [0.2, 0.25) is 0 Å². The van der Waals surface area contributed by atoms with Crippen LogP contribution in [0.4, 0.5) is 0 Å². The molecule has 0 amide bonds. The summed E-state index contributed by atoms with van der Waals surface area (Å²) in [5.74, 6) is 1.56. The molecule has 2 aromatic carbocycles. The highest BCUT2D eigenvalue weighted by atomic mass is 15.1. The first-order valence-corrected chi connectivity index (χ1v) is 9.39. The van der Waals surface area contributed by atoms with E-state index in [4.69, 9.17) is 10.7 Å². The second kappa shape index (κ2) is 7.83. The number of nitrogens with zero attached hydrogens (tertiary/aromatic N) is 2. The summed E-state index contributed by atoms with van der Waals surface area (Å²) < 4.78 is 2.29. The lowest BCUT2D eigenvalue weighted by Crippen LogP contribution is -2.17. The highest BCUT2D eigenvalue weighted by Crippen LogP contribution is 2.24. The summed E-state index contributed by atoms with van der Waals surface area (Å²) in [4.78, 5) is 4.85. The normalized spacial score (nSPS) is 12.8. The topological polar surface area (TPSA) is 43.8 Å². The Bertz CT molecular complexity index is 815. The maximum Gasteiger partial charge on any atom is 0.127 e. The van der Waals surface area contributed by atoms with Crippen LogP contribution < -0.4 is 5.73 Å². The van der Waals surface area contributed by atoms with Gasteiger partial charge in [-0.3, -0.25) is 0 Å². The highest BCUT2D eigenvalue weighted by Gasteiger charge is 2.17. The molecule has 3 heteroatoms. The smallest absolute Gasteiger partial charge is 0.127 e. The molecule has 1 heterocycles. The molecule has 3 nitrogen and oxygen atoms in total. The molecule has 1 aromatic heterocycles. The van der Waals surface area contributed by atoms with Crippen molar-refractivity contribution < 1.29 is 0 Å². The van der Waals surface area contributed by atoms with E-state index in [-0.39, 0.29) is 6.04 Å². The summed E-state index contributed by atoms with van der Waals surface area (Å²) in [6, 6.07) is 17.2. The lowest BCUT2D eigenvalue weighted by molar-refractivity contribution is 0.552. The minimum absolute atomic E-state index is 0.0118. The van der Waals surface area contributed by atoms with Gasteiger partial charge in [-0.1, -0.05) is 70.0 Å². The van der Waals surface area contributed by atoms with E-state index in [1.807, 2.05) is 6.07 Å². The summed E-state index contributed by atoms with van der Waals surface area (Å²) in [5, 5.41) is 0. The Morgan fingerprint density at radius 1 is 1.04 bits per heavy atom. The van der Waals surface area contributed by atoms with Gasteiger partial charge in [-0.2, -0.15) is 0 Å². The van der Waals surface area contributed by atoms with Crippen molar-refractivity contribution in [3.8, 4) is 0 Å². The van der Waals surface area contributed by atoms with Gasteiger partial charge in [0, 0.05) is 6.54 Å². The number of hydrogen-bond acceptors (Lipinski definition) is 2. The number of hydrogen-bond donors (Lipinski definition) is 1. The van der Waals surface area contributed by atoms with Crippen molar-refractivity contribution in [3.05, 3.63) is 65.5 Å². The minimum atomic E-state index is -0.0118. The Morgan fingerprint density at radius 2 is 1.76 bits per heavy atom. The lowest BCUT2D eigenvalue weighted by atomic mass is 10.0. The second-order valence-electron chi connectivity index (χ2n) is 7.19. The minimum Gasteiger partial charge on any atom is -0.322 e. The Balaban J connectivity index is 1.95. The first-order valence-electron chi connectivity index (χ1n) is 9.39. The van der Waals surface area contributed by atoms with Gasteiger partial charge in [-0.15, -0.1) is 0 Å². The summed E-state index contributed by atoms with van der Waals surface area (Å²) in [6.07, 6.45) is 3.27. The fourth-order valence-electron chi connectivity index (χ4n) is 3.29. The van der Waals surface area contributed by atoms with Crippen LogP contribution in [0, 0.1) is 0 Å². The van der Waals surface area contributed by atoms with Crippen LogP contribution in [-0.4, -0.2) is 9.55 Å². The summed E-state index contributed by atoms with van der Waals surface area (Å²) in [6.45, 7) is 7.46. The van der Waals surface area contributed by atoms with Crippen molar-refractivity contribution >= 4 is 11.0 Å². The van der Waals surface area contributed by atoms with Crippen molar-refractivity contribution in [2.45, 2.75) is 58.5 Å². The molecule has 0 fully saturated rings. The molecular formula is C22H29N3. The first kappa shape index (κ1) is 17.7. The van der Waals surface area contributed by atoms with E-state index >= 15 is 0 Å². The molecule has 0 radical (unpaired) electrons. The van der Waals surface area contributed by atoms with Gasteiger partial charge in [0.1, 0.15) is 5.82 Å². The van der Waals surface area contributed by atoms with Crippen LogP contribution in [-0.2, 0) is 6.54 Å². The Labute approximate surface area is 150 Å². The maximum absolute atomic E-state index is 6.48. The average Bonchev–Trinajstić information content (AvgIpc) is 2.99. The predicted octanol–water partition coefficient (Wildman–Crippen LogP) is 5.40. The number of para-hydroxylation sites is 2. The molecule has 1 unspecified atom stereocenters. The van der Waals surface area contributed by atoms with E-state index in [1.165, 1.54) is 11.1 Å². The van der Waals surface area contributed by atoms with E-state index in [1.54, 1.807) is 0 Å². The Hall–Kier alpha value is -2.13. The molecule has 25 heavy (non-hydrogen) atoms. The zero-order chi connectivity index (χ0) is 17.8. The molecular weight excluding hydrogens is 306 g/mol. The molecule has 0 aliphatic rings. The fourth-order valence-corrected chi connectivity index (χ4v) is 3.29. The third-order valence-electron chi connectivity index (χ3n) is 4.87. The second-order valence-corrected chi connectivity index (χ2v) is 7.19. The fraction of sp³-hybridized carbons (Fsp3) is 0.409. The number of unbranched alkanes of at least 4 members (excludes halogenated alkanes) is 1. The van der Waals surface area contributed by atoms with Crippen molar-refractivity contribution in [2.24, 2.45) is 5.73 Å². The van der Waals surface area contributed by atoms with Gasteiger partial charge in [0.15, 0.2) is 0 Å². The quantitative estimate of drug-likeness (QED) is 0.628. The molecule has 0 saturated carbocycles. The number of aromatic nitrogens is 2. The Kier molecular flexibility index (Phi) is 5.54. The van der Waals surface area contributed by atoms with Crippen LogP contribution in [0.15, 0.2) is 48.5 Å². The third-order valence-corrected chi connectivity index (χ3v) is 4.87. The van der Waals surface area contributed by atoms with Gasteiger partial charge >= 0.3 is 0 Å². The maximum atomic E-state index is 6.48. The number of nitrogens with two attached hydrogens (primary N) is 1. The average molecular weight is 335 g/mol. The molecule has 0 bridgehead atoms. The van der Waals surface area contributed by atoms with Gasteiger partial charge in [-0.05, 0) is 35.6 Å². The van der Waals surface area contributed by atoms with Crippen LogP contribution in [0.25, 0.3) is 11.0 Å². The van der Waals surface area contributed by atoms with Crippen LogP contribution in [0.5, 0.6) is 0 Å². The number of fused-ring (bicyclic) bond motifs is 1. The molecule has 0 saturated heterocycles. The largest absolute Gasteiger partial charge is 0.322 e. The highest BCUT2D eigenvalue weighted by molar-refractivity contribution is 5.76. The lowest BCUT2D eigenvalue weighted by Gasteiger charge is -2.15. The third kappa shape index (κ3) is 3.93. The molecule has 2 N–H and O–H groups in total. The summed E-state index contributed by atoms with van der Waals surface area (Å²) in [7, 11) is 0. The van der Waals surface area contributed by atoms with E-state index in [2.05, 4.69) is 67.8 Å². The van der Waals surface area contributed by atoms with E-state index in [0.717, 1.165) is 42.7 Å². The zero-order valence-corrected chi connectivity index (χ0v) is 15.6. The zero-order valence-electron chi connectivity index (χ0n) is 15.6. The van der Waals surface area contributed by atoms with Crippen molar-refractivity contribution in [1.82, 2.24) is 9.55 Å². The van der Waals surface area contributed by atoms with Crippen LogP contribution in [0.1, 0.15) is 68.9 Å². The number of benzene rings is 2. The molecule has 132 valence electrons. The van der Waals surface area contributed by atoms with Crippen molar-refractivity contribution in [2.75, 3.05) is 0 Å². The van der Waals surface area contributed by atoms with Crippen molar-refractivity contribution in [3.63, 3.8) is 0 Å². The SMILES string of the molecule is CCCCC(N)c1nc2ccccc2n1Cc1ccc(C(C)C)cc1. The molecule has 1 atom stereocenters. The predicted molar refractivity (Wildman–Crippen MR) is 106 cm³/mol. The molecule has 0 aliphatic carbocycles. The molecule has 3 aromatic rings. The molecule has 3 rings (SSSR count). The van der Waals surface area contributed by atoms with Gasteiger partial charge < -0.3 is 10.3 Å². The van der Waals surface area contributed by atoms with E-state index in [9.17, 15) is 0 Å². The number of imidazole rings is 1. The van der Waals surface area contributed by atoms with Crippen LogP contribution >= 0.6 is 0 Å². The van der Waals surface area contributed by atoms with E-state index < -0.39 is 0 Å². The molecule has 0 spiro atoms. The van der Waals surface area contributed by atoms with Crippen LogP contribution in [0.2, 0.25) is 0 Å². The van der Waals surface area contributed by atoms with Gasteiger partial charge in [0.25, 0.3) is 0 Å². The Morgan fingerprint density at radius 3 is 2.44 bits per heavy atom.